The normalized spacial score (nSPS) is 14.6. The molecule has 118 valence electrons. The van der Waals surface area contributed by atoms with E-state index in [2.05, 4.69) is 29.6 Å². The molecule has 23 heavy (non-hydrogen) atoms. The molecule has 2 amide bonds. The van der Waals surface area contributed by atoms with Gasteiger partial charge in [-0.15, -0.1) is 0 Å². The number of thioether (sulfide) groups is 1. The average molecular weight is 326 g/mol. The Morgan fingerprint density at radius 2 is 1.91 bits per heavy atom. The lowest BCUT2D eigenvalue weighted by Crippen LogP contribution is -2.28. The molecule has 0 saturated carbocycles. The maximum atomic E-state index is 11.8. The van der Waals surface area contributed by atoms with Crippen molar-refractivity contribution in [2.75, 3.05) is 12.8 Å². The second kappa shape index (κ2) is 6.98. The number of nitrogens with one attached hydrogen (secondary N) is 1. The third-order valence-corrected chi connectivity index (χ3v) is 4.66. The summed E-state index contributed by atoms with van der Waals surface area (Å²) < 4.78 is 0. The van der Waals surface area contributed by atoms with E-state index in [1.807, 2.05) is 31.3 Å². The van der Waals surface area contributed by atoms with E-state index in [1.165, 1.54) is 4.90 Å². The Labute approximate surface area is 139 Å². The molecule has 0 aromatic heterocycles. The van der Waals surface area contributed by atoms with Gasteiger partial charge in [-0.1, -0.05) is 60.3 Å². The van der Waals surface area contributed by atoms with E-state index in [0.29, 0.717) is 6.54 Å². The zero-order valence-electron chi connectivity index (χ0n) is 12.9. The predicted octanol–water partition coefficient (Wildman–Crippen LogP) is 3.27. The molecule has 0 atom stereocenters. The summed E-state index contributed by atoms with van der Waals surface area (Å²) in [5.74, 6) is 0.145. The molecule has 0 bridgehead atoms. The molecule has 1 aliphatic heterocycles. The number of carbonyl (C=O) groups excluding carboxylic acids is 2. The summed E-state index contributed by atoms with van der Waals surface area (Å²) in [6.45, 7) is 1.07. The smallest absolute Gasteiger partial charge is 0.289 e. The molecule has 2 aromatic rings. The second-order valence-corrected chi connectivity index (χ2v) is 6.35. The van der Waals surface area contributed by atoms with Crippen molar-refractivity contribution >= 4 is 22.9 Å². The molecule has 0 aliphatic carbocycles. The highest BCUT2D eigenvalue weighted by Crippen LogP contribution is 2.27. The van der Waals surface area contributed by atoms with Crippen LogP contribution < -0.4 is 5.32 Å². The molecule has 0 unspecified atom stereocenters. The van der Waals surface area contributed by atoms with Crippen molar-refractivity contribution in [1.82, 2.24) is 10.2 Å². The molecule has 1 fully saturated rings. The summed E-state index contributed by atoms with van der Waals surface area (Å²) >= 11 is 1.07. The minimum Gasteiger partial charge on any atom is -0.316 e. The fraction of sp³-hybridized carbons (Fsp3) is 0.222. The molecule has 0 radical (unpaired) electrons. The van der Waals surface area contributed by atoms with E-state index in [1.54, 1.807) is 0 Å². The van der Waals surface area contributed by atoms with Gasteiger partial charge in [0, 0.05) is 6.54 Å². The number of carbonyl (C=O) groups is 2. The van der Waals surface area contributed by atoms with Gasteiger partial charge in [-0.3, -0.25) is 14.5 Å². The Morgan fingerprint density at radius 3 is 2.57 bits per heavy atom. The highest BCUT2D eigenvalue weighted by Gasteiger charge is 2.29. The molecule has 1 heterocycles. The summed E-state index contributed by atoms with van der Waals surface area (Å²) in [6.07, 6.45) is 0. The van der Waals surface area contributed by atoms with Crippen molar-refractivity contribution in [2.24, 2.45) is 0 Å². The highest BCUT2D eigenvalue weighted by atomic mass is 32.2. The second-order valence-electron chi connectivity index (χ2n) is 5.42. The van der Waals surface area contributed by atoms with Crippen LogP contribution in [-0.4, -0.2) is 28.8 Å². The standard InChI is InChI=1S/C18H18N2O2S/c1-19-10-15-9-13(11-20-17(21)12-23-18(20)22)7-8-16(15)14-5-3-2-4-6-14/h2-9,19H,10-12H2,1H3. The Morgan fingerprint density at radius 1 is 1.13 bits per heavy atom. The largest absolute Gasteiger partial charge is 0.316 e. The van der Waals surface area contributed by atoms with Gasteiger partial charge in [0.25, 0.3) is 5.24 Å². The first kappa shape index (κ1) is 15.8. The average Bonchev–Trinajstić information content (AvgIpc) is 2.88. The third-order valence-electron chi connectivity index (χ3n) is 3.80. The number of hydrogen-bond acceptors (Lipinski definition) is 4. The van der Waals surface area contributed by atoms with E-state index < -0.39 is 0 Å². The number of imide groups is 1. The van der Waals surface area contributed by atoms with Crippen LogP contribution in [0.3, 0.4) is 0 Å². The fourth-order valence-corrected chi connectivity index (χ4v) is 3.42. The van der Waals surface area contributed by atoms with Gasteiger partial charge >= 0.3 is 0 Å². The Bertz CT molecular complexity index is 715. The number of rotatable bonds is 5. The first-order chi connectivity index (χ1) is 11.2. The van der Waals surface area contributed by atoms with Crippen molar-refractivity contribution in [3.05, 3.63) is 59.7 Å². The van der Waals surface area contributed by atoms with Crippen molar-refractivity contribution in [2.45, 2.75) is 13.1 Å². The Balaban J connectivity index is 1.90. The van der Waals surface area contributed by atoms with E-state index >= 15 is 0 Å². The van der Waals surface area contributed by atoms with Crippen LogP contribution in [0.5, 0.6) is 0 Å². The van der Waals surface area contributed by atoms with Crippen LogP contribution in [0.1, 0.15) is 11.1 Å². The maximum absolute atomic E-state index is 11.8. The van der Waals surface area contributed by atoms with E-state index in [4.69, 9.17) is 0 Å². The van der Waals surface area contributed by atoms with Gasteiger partial charge in [-0.05, 0) is 29.3 Å². The topological polar surface area (TPSA) is 49.4 Å². The van der Waals surface area contributed by atoms with Crippen LogP contribution in [-0.2, 0) is 17.9 Å². The van der Waals surface area contributed by atoms with Crippen LogP contribution in [0.4, 0.5) is 4.79 Å². The molecular weight excluding hydrogens is 308 g/mol. The minimum atomic E-state index is -0.155. The summed E-state index contributed by atoms with van der Waals surface area (Å²) in [4.78, 5) is 24.8. The Kier molecular flexibility index (Phi) is 4.79. The van der Waals surface area contributed by atoms with Crippen LogP contribution in [0, 0.1) is 0 Å². The van der Waals surface area contributed by atoms with E-state index in [0.717, 1.165) is 40.6 Å². The van der Waals surface area contributed by atoms with Crippen molar-refractivity contribution in [1.29, 1.82) is 0 Å². The van der Waals surface area contributed by atoms with Crippen molar-refractivity contribution in [3.63, 3.8) is 0 Å². The van der Waals surface area contributed by atoms with E-state index in [-0.39, 0.29) is 16.9 Å². The highest BCUT2D eigenvalue weighted by molar-refractivity contribution is 8.14. The zero-order chi connectivity index (χ0) is 16.2. The number of amides is 2. The van der Waals surface area contributed by atoms with Crippen LogP contribution in [0.25, 0.3) is 11.1 Å². The van der Waals surface area contributed by atoms with Gasteiger partial charge in [0.15, 0.2) is 0 Å². The first-order valence-corrected chi connectivity index (χ1v) is 8.46. The SMILES string of the molecule is CNCc1cc(CN2C(=O)CSC2=O)ccc1-c1ccccc1. The Hall–Kier alpha value is -2.11. The van der Waals surface area contributed by atoms with Gasteiger partial charge in [-0.2, -0.15) is 0 Å². The monoisotopic (exact) mass is 326 g/mol. The van der Waals surface area contributed by atoms with Gasteiger partial charge < -0.3 is 5.32 Å². The van der Waals surface area contributed by atoms with Gasteiger partial charge in [-0.25, -0.2) is 0 Å². The van der Waals surface area contributed by atoms with Crippen molar-refractivity contribution < 1.29 is 9.59 Å². The third kappa shape index (κ3) is 3.46. The number of benzene rings is 2. The molecular formula is C18H18N2O2S. The summed E-state index contributed by atoms with van der Waals surface area (Å²) in [7, 11) is 1.91. The first-order valence-electron chi connectivity index (χ1n) is 7.48. The number of hydrogen-bond donors (Lipinski definition) is 1. The van der Waals surface area contributed by atoms with Crippen LogP contribution in [0.2, 0.25) is 0 Å². The zero-order valence-corrected chi connectivity index (χ0v) is 13.7. The molecule has 1 saturated heterocycles. The van der Waals surface area contributed by atoms with Crippen LogP contribution in [0.15, 0.2) is 48.5 Å². The fourth-order valence-electron chi connectivity index (χ4n) is 2.70. The molecule has 1 aliphatic rings. The van der Waals surface area contributed by atoms with Gasteiger partial charge in [0.2, 0.25) is 5.91 Å². The quantitative estimate of drug-likeness (QED) is 0.916. The predicted molar refractivity (Wildman–Crippen MR) is 93.0 cm³/mol. The molecule has 2 aromatic carbocycles. The summed E-state index contributed by atoms with van der Waals surface area (Å²) in [5, 5.41) is 3.03. The molecule has 1 N–H and O–H groups in total. The molecule has 3 rings (SSSR count). The van der Waals surface area contributed by atoms with E-state index in [9.17, 15) is 9.59 Å². The molecule has 4 nitrogen and oxygen atoms in total. The lowest BCUT2D eigenvalue weighted by molar-refractivity contribution is -0.125. The van der Waals surface area contributed by atoms with Crippen LogP contribution >= 0.6 is 11.8 Å². The van der Waals surface area contributed by atoms with Crippen molar-refractivity contribution in [3.8, 4) is 11.1 Å². The minimum absolute atomic E-state index is 0.109. The van der Waals surface area contributed by atoms with Gasteiger partial charge in [0.05, 0.1) is 12.3 Å². The van der Waals surface area contributed by atoms with Gasteiger partial charge in [0.1, 0.15) is 0 Å². The lowest BCUT2D eigenvalue weighted by Gasteiger charge is -2.16. The lowest BCUT2D eigenvalue weighted by atomic mass is 9.97. The maximum Gasteiger partial charge on any atom is 0.289 e. The molecule has 5 heteroatoms. The summed E-state index contributed by atoms with van der Waals surface area (Å²) in [5.41, 5.74) is 4.45. The molecule has 0 spiro atoms. The summed E-state index contributed by atoms with van der Waals surface area (Å²) in [6, 6.07) is 16.3. The number of nitrogens with zero attached hydrogens (tertiary/aromatic N) is 1.